The van der Waals surface area contributed by atoms with Crippen LogP contribution in [0.15, 0.2) is 36.7 Å². The van der Waals surface area contributed by atoms with Crippen molar-refractivity contribution in [3.63, 3.8) is 0 Å². The van der Waals surface area contributed by atoms with Crippen molar-refractivity contribution < 1.29 is 14.7 Å². The Balaban J connectivity index is 1.23. The number of piperazine rings is 1. The van der Waals surface area contributed by atoms with Crippen molar-refractivity contribution >= 4 is 17.6 Å². The molecular formula is C26H34N6O3. The molecule has 4 fully saturated rings. The summed E-state index contributed by atoms with van der Waals surface area (Å²) in [6.07, 6.45) is 7.84. The number of amides is 3. The Morgan fingerprint density at radius 3 is 2.17 bits per heavy atom. The average molecular weight is 479 g/mol. The Morgan fingerprint density at radius 1 is 0.943 bits per heavy atom. The molecule has 9 heteroatoms. The van der Waals surface area contributed by atoms with Gasteiger partial charge in [-0.3, -0.25) is 9.78 Å². The van der Waals surface area contributed by atoms with Crippen LogP contribution in [-0.2, 0) is 0 Å². The van der Waals surface area contributed by atoms with Gasteiger partial charge in [0.25, 0.3) is 5.91 Å². The van der Waals surface area contributed by atoms with E-state index in [0.29, 0.717) is 24.5 Å². The second-order valence-corrected chi connectivity index (χ2v) is 10.4. The Hall–Kier alpha value is -3.20. The number of hydrogen-bond donors (Lipinski definition) is 2. The van der Waals surface area contributed by atoms with Crippen LogP contribution in [0.5, 0.6) is 0 Å². The maximum absolute atomic E-state index is 13.0. The molecular weight excluding hydrogens is 444 g/mol. The summed E-state index contributed by atoms with van der Waals surface area (Å²) in [6.45, 7) is 2.96. The van der Waals surface area contributed by atoms with E-state index in [9.17, 15) is 14.7 Å². The Labute approximate surface area is 206 Å². The molecule has 2 aromatic rings. The zero-order chi connectivity index (χ0) is 24.6. The fraction of sp³-hybridized carbons (Fsp3) is 0.538. The van der Waals surface area contributed by atoms with Crippen molar-refractivity contribution in [2.24, 2.45) is 0 Å². The van der Waals surface area contributed by atoms with Gasteiger partial charge in [0.1, 0.15) is 5.69 Å². The van der Waals surface area contributed by atoms with Crippen molar-refractivity contribution in [2.75, 3.05) is 45.2 Å². The van der Waals surface area contributed by atoms with Crippen LogP contribution in [-0.4, -0.2) is 88.2 Å². The molecule has 186 valence electrons. The number of aromatic nitrogens is 2. The predicted molar refractivity (Wildman–Crippen MR) is 133 cm³/mol. The van der Waals surface area contributed by atoms with Crippen LogP contribution in [0.4, 0.5) is 10.5 Å². The van der Waals surface area contributed by atoms with Crippen LogP contribution in [0, 0.1) is 0 Å². The number of fused-ring (bicyclic) bond motifs is 3. The molecule has 2 bridgehead atoms. The number of carbonyl (C=O) groups excluding carboxylic acids is 2. The first-order valence-corrected chi connectivity index (χ1v) is 12.4. The van der Waals surface area contributed by atoms with Crippen molar-refractivity contribution in [3.05, 3.63) is 42.4 Å². The molecule has 3 amide bonds. The Kier molecular flexibility index (Phi) is 6.13. The summed E-state index contributed by atoms with van der Waals surface area (Å²) in [7, 11) is 3.55. The number of nitrogens with zero attached hydrogens (tertiary/aromatic N) is 5. The molecule has 9 nitrogen and oxygen atoms in total. The smallest absolute Gasteiger partial charge is 0.319 e. The normalized spacial score (nSPS) is 25.9. The molecule has 0 spiro atoms. The average Bonchev–Trinajstić information content (AvgIpc) is 2.89. The molecule has 2 N–H and O–H groups in total. The monoisotopic (exact) mass is 478 g/mol. The summed E-state index contributed by atoms with van der Waals surface area (Å²) in [5.74, 6) is -0.201. The van der Waals surface area contributed by atoms with Gasteiger partial charge >= 0.3 is 6.03 Å². The summed E-state index contributed by atoms with van der Waals surface area (Å²) in [5, 5.41) is 13.7. The first kappa shape index (κ1) is 23.5. The third kappa shape index (κ3) is 4.82. The lowest BCUT2D eigenvalue weighted by Crippen LogP contribution is -2.58. The van der Waals surface area contributed by atoms with E-state index in [1.165, 1.54) is 6.20 Å². The van der Waals surface area contributed by atoms with E-state index in [1.54, 1.807) is 25.2 Å². The van der Waals surface area contributed by atoms with Crippen LogP contribution in [0.25, 0.3) is 11.3 Å². The van der Waals surface area contributed by atoms with E-state index in [4.69, 9.17) is 0 Å². The fourth-order valence-corrected chi connectivity index (χ4v) is 5.55. The number of carbonyl (C=O) groups is 2. The van der Waals surface area contributed by atoms with Crippen LogP contribution in [0.3, 0.4) is 0 Å². The summed E-state index contributed by atoms with van der Waals surface area (Å²) in [6, 6.07) is 8.16. The minimum atomic E-state index is -0.532. The molecule has 6 rings (SSSR count). The molecule has 1 aliphatic heterocycles. The van der Waals surface area contributed by atoms with E-state index < -0.39 is 5.60 Å². The van der Waals surface area contributed by atoms with E-state index in [1.807, 2.05) is 17.0 Å². The third-order valence-corrected chi connectivity index (χ3v) is 7.91. The van der Waals surface area contributed by atoms with Gasteiger partial charge in [0.15, 0.2) is 0 Å². The van der Waals surface area contributed by atoms with Crippen LogP contribution in [0.2, 0.25) is 0 Å². The molecule has 1 aromatic carbocycles. The highest BCUT2D eigenvalue weighted by atomic mass is 16.3. The van der Waals surface area contributed by atoms with Crippen LogP contribution in [0.1, 0.15) is 49.0 Å². The topological polar surface area (TPSA) is 102 Å². The standard InChI is InChI=1S/C26H34N6O3/c1-30(2)24(34)32-15-13-31(14-16-32)20-5-3-19(4-6-20)21-17-27-18-22(28-21)23(33)29-25-7-10-26(35,11-8-25)12-9-25/h3-6,17-18,35H,7-16H2,1-2H3,(H,29,33). The molecule has 1 aromatic heterocycles. The van der Waals surface area contributed by atoms with E-state index in [-0.39, 0.29) is 17.5 Å². The molecule has 1 saturated heterocycles. The first-order chi connectivity index (χ1) is 16.8. The maximum atomic E-state index is 13.0. The SMILES string of the molecule is CN(C)C(=O)N1CCN(c2ccc(-c3cncc(C(=O)NC45CCC(O)(CC4)CC5)n3)cc2)CC1. The number of nitrogens with one attached hydrogen (secondary N) is 1. The highest BCUT2D eigenvalue weighted by Crippen LogP contribution is 2.46. The number of anilines is 1. The first-order valence-electron chi connectivity index (χ1n) is 12.4. The zero-order valence-corrected chi connectivity index (χ0v) is 20.5. The molecule has 0 atom stereocenters. The van der Waals surface area contributed by atoms with Gasteiger partial charge in [0, 0.05) is 57.1 Å². The second kappa shape index (κ2) is 9.11. The van der Waals surface area contributed by atoms with Gasteiger partial charge in [0.2, 0.25) is 0 Å². The summed E-state index contributed by atoms with van der Waals surface area (Å²) in [4.78, 5) is 39.8. The van der Waals surface area contributed by atoms with Crippen LogP contribution >= 0.6 is 0 Å². The van der Waals surface area contributed by atoms with Crippen LogP contribution < -0.4 is 10.2 Å². The third-order valence-electron chi connectivity index (χ3n) is 7.91. The molecule has 0 radical (unpaired) electrons. The lowest BCUT2D eigenvalue weighted by atomic mass is 9.63. The lowest BCUT2D eigenvalue weighted by Gasteiger charge is -2.51. The number of benzene rings is 1. The number of urea groups is 1. The number of hydrogen-bond acceptors (Lipinski definition) is 6. The van der Waals surface area contributed by atoms with Gasteiger partial charge in [-0.1, -0.05) is 12.1 Å². The van der Waals surface area contributed by atoms with Crippen molar-refractivity contribution in [3.8, 4) is 11.3 Å². The largest absolute Gasteiger partial charge is 0.390 e. The van der Waals surface area contributed by atoms with Gasteiger partial charge in [-0.2, -0.15) is 0 Å². The number of aliphatic hydroxyl groups is 1. The summed E-state index contributed by atoms with van der Waals surface area (Å²) < 4.78 is 0. The Morgan fingerprint density at radius 2 is 1.57 bits per heavy atom. The summed E-state index contributed by atoms with van der Waals surface area (Å²) >= 11 is 0. The molecule has 3 saturated carbocycles. The van der Waals surface area contributed by atoms with Gasteiger partial charge in [-0.15, -0.1) is 0 Å². The predicted octanol–water partition coefficient (Wildman–Crippen LogP) is 2.51. The van der Waals surface area contributed by atoms with Crippen molar-refractivity contribution in [1.29, 1.82) is 0 Å². The van der Waals surface area contributed by atoms with Gasteiger partial charge in [-0.25, -0.2) is 9.78 Å². The van der Waals surface area contributed by atoms with Gasteiger partial charge in [-0.05, 0) is 50.7 Å². The van der Waals surface area contributed by atoms with E-state index >= 15 is 0 Å². The quantitative estimate of drug-likeness (QED) is 0.700. The highest BCUT2D eigenvalue weighted by molar-refractivity contribution is 5.93. The fourth-order valence-electron chi connectivity index (χ4n) is 5.55. The molecule has 2 heterocycles. The van der Waals surface area contributed by atoms with Crippen molar-refractivity contribution in [2.45, 2.75) is 49.7 Å². The Bertz CT molecular complexity index is 1070. The maximum Gasteiger partial charge on any atom is 0.319 e. The van der Waals surface area contributed by atoms with E-state index in [2.05, 4.69) is 32.3 Å². The van der Waals surface area contributed by atoms with Crippen molar-refractivity contribution in [1.82, 2.24) is 25.1 Å². The lowest BCUT2D eigenvalue weighted by molar-refractivity contribution is -0.0702. The molecule has 4 aliphatic rings. The molecule has 0 unspecified atom stereocenters. The minimum Gasteiger partial charge on any atom is -0.390 e. The van der Waals surface area contributed by atoms with Gasteiger partial charge in [0.05, 0.1) is 23.7 Å². The number of rotatable bonds is 4. The van der Waals surface area contributed by atoms with Gasteiger partial charge < -0.3 is 25.1 Å². The highest BCUT2D eigenvalue weighted by Gasteiger charge is 2.48. The molecule has 3 aliphatic carbocycles. The molecule has 35 heavy (non-hydrogen) atoms. The minimum absolute atomic E-state index is 0.0515. The van der Waals surface area contributed by atoms with E-state index in [0.717, 1.165) is 62.9 Å². The second-order valence-electron chi connectivity index (χ2n) is 10.4. The zero-order valence-electron chi connectivity index (χ0n) is 20.5. The summed E-state index contributed by atoms with van der Waals surface area (Å²) in [5.41, 5.74) is 2.20.